The second-order valence-electron chi connectivity index (χ2n) is 7.38. The fourth-order valence-electron chi connectivity index (χ4n) is 3.19. The maximum absolute atomic E-state index is 12.7. The van der Waals surface area contributed by atoms with Gasteiger partial charge in [-0.1, -0.05) is 50.2 Å². The zero-order valence-electron chi connectivity index (χ0n) is 17.1. The lowest BCUT2D eigenvalue weighted by atomic mass is 10.0. The zero-order valence-corrected chi connectivity index (χ0v) is 17.1. The van der Waals surface area contributed by atoms with E-state index in [0.717, 1.165) is 28.1 Å². The number of para-hydroxylation sites is 2. The van der Waals surface area contributed by atoms with Gasteiger partial charge in [-0.15, -0.1) is 0 Å². The third-order valence-corrected chi connectivity index (χ3v) is 4.81. The van der Waals surface area contributed by atoms with Crippen LogP contribution in [0.4, 0.5) is 11.4 Å². The van der Waals surface area contributed by atoms with Crippen LogP contribution in [0.25, 0.3) is 0 Å². The van der Waals surface area contributed by atoms with Crippen LogP contribution in [0.2, 0.25) is 0 Å². The molecule has 0 spiro atoms. The van der Waals surface area contributed by atoms with Gasteiger partial charge in [0, 0.05) is 23.8 Å². The Morgan fingerprint density at radius 2 is 1.41 bits per heavy atom. The summed E-state index contributed by atoms with van der Waals surface area (Å²) >= 11 is 0. The molecule has 2 amide bonds. The molecule has 0 radical (unpaired) electrons. The van der Waals surface area contributed by atoms with Crippen molar-refractivity contribution >= 4 is 23.2 Å². The topological polar surface area (TPSA) is 71.1 Å². The molecule has 1 aromatic heterocycles. The summed E-state index contributed by atoms with van der Waals surface area (Å²) in [7, 11) is 0. The van der Waals surface area contributed by atoms with Crippen molar-refractivity contribution in [2.45, 2.75) is 33.6 Å². The van der Waals surface area contributed by atoms with Crippen LogP contribution in [0, 0.1) is 13.8 Å². The lowest BCUT2D eigenvalue weighted by Crippen LogP contribution is -2.17. The van der Waals surface area contributed by atoms with E-state index in [4.69, 9.17) is 0 Å². The summed E-state index contributed by atoms with van der Waals surface area (Å²) in [6, 6.07) is 15.1. The molecule has 0 saturated heterocycles. The van der Waals surface area contributed by atoms with Gasteiger partial charge in [-0.25, -0.2) is 0 Å². The van der Waals surface area contributed by atoms with E-state index in [0.29, 0.717) is 11.1 Å². The first-order valence-corrected chi connectivity index (χ1v) is 9.59. The van der Waals surface area contributed by atoms with Gasteiger partial charge in [-0.2, -0.15) is 0 Å². The highest BCUT2D eigenvalue weighted by atomic mass is 16.2. The highest BCUT2D eigenvalue weighted by molar-refractivity contribution is 6.09. The average molecular weight is 387 g/mol. The zero-order chi connectivity index (χ0) is 21.0. The molecule has 29 heavy (non-hydrogen) atoms. The summed E-state index contributed by atoms with van der Waals surface area (Å²) in [5.74, 6) is -0.321. The predicted octanol–water partition coefficient (Wildman–Crippen LogP) is 5.33. The Balaban J connectivity index is 1.81. The summed E-state index contributed by atoms with van der Waals surface area (Å²) in [6.07, 6.45) is 2.92. The summed E-state index contributed by atoms with van der Waals surface area (Å²) in [6.45, 7) is 8.03. The van der Waals surface area contributed by atoms with E-state index in [1.165, 1.54) is 12.4 Å². The molecule has 148 valence electrons. The smallest absolute Gasteiger partial charge is 0.257 e. The van der Waals surface area contributed by atoms with Gasteiger partial charge in [-0.05, 0) is 48.6 Å². The number of amides is 2. The number of rotatable bonds is 5. The molecule has 0 atom stereocenters. The Kier molecular flexibility index (Phi) is 6.07. The predicted molar refractivity (Wildman–Crippen MR) is 117 cm³/mol. The van der Waals surface area contributed by atoms with Crippen LogP contribution in [-0.4, -0.2) is 16.8 Å². The molecule has 0 saturated carbocycles. The van der Waals surface area contributed by atoms with Crippen molar-refractivity contribution in [3.63, 3.8) is 0 Å². The van der Waals surface area contributed by atoms with Crippen LogP contribution in [-0.2, 0) is 0 Å². The lowest BCUT2D eigenvalue weighted by molar-refractivity contribution is 0.102. The van der Waals surface area contributed by atoms with E-state index in [1.54, 1.807) is 6.07 Å². The molecule has 2 aromatic carbocycles. The summed E-state index contributed by atoms with van der Waals surface area (Å²) in [5, 5.41) is 5.86. The van der Waals surface area contributed by atoms with E-state index >= 15 is 0 Å². The van der Waals surface area contributed by atoms with Gasteiger partial charge < -0.3 is 10.6 Å². The monoisotopic (exact) mass is 387 g/mol. The molecule has 0 aliphatic carbocycles. The van der Waals surface area contributed by atoms with Gasteiger partial charge in [0.2, 0.25) is 0 Å². The average Bonchev–Trinajstić information content (AvgIpc) is 2.71. The number of hydrogen-bond donors (Lipinski definition) is 2. The number of aryl methyl sites for hydroxylation is 2. The minimum Gasteiger partial charge on any atom is -0.322 e. The molecule has 0 bridgehead atoms. The Morgan fingerprint density at radius 3 is 2.03 bits per heavy atom. The molecule has 5 nitrogen and oxygen atoms in total. The van der Waals surface area contributed by atoms with E-state index in [2.05, 4.69) is 29.5 Å². The van der Waals surface area contributed by atoms with Crippen LogP contribution in [0.15, 0.2) is 60.9 Å². The Hall–Kier alpha value is -3.47. The molecular weight excluding hydrogens is 362 g/mol. The number of nitrogens with zero attached hydrogens (tertiary/aromatic N) is 1. The van der Waals surface area contributed by atoms with Gasteiger partial charge in [0.15, 0.2) is 0 Å². The molecule has 3 rings (SSSR count). The molecule has 0 aliphatic heterocycles. The second kappa shape index (κ2) is 8.69. The first kappa shape index (κ1) is 20.3. The standard InChI is InChI=1S/C24H25N3O2/c1-15(2)20-10-5-6-11-21(20)26-23(28)18-12-19(14-25-13-18)24(29)27-22-16(3)8-7-9-17(22)4/h5-15H,1-4H3,(H,26,28)(H,27,29). The molecule has 0 aliphatic rings. The van der Waals surface area contributed by atoms with Crippen molar-refractivity contribution in [2.75, 3.05) is 10.6 Å². The van der Waals surface area contributed by atoms with E-state index in [9.17, 15) is 9.59 Å². The number of hydrogen-bond acceptors (Lipinski definition) is 3. The Bertz CT molecular complexity index is 1040. The Morgan fingerprint density at radius 1 is 0.828 bits per heavy atom. The maximum atomic E-state index is 12.7. The van der Waals surface area contributed by atoms with Gasteiger partial charge in [0.1, 0.15) is 0 Å². The quantitative estimate of drug-likeness (QED) is 0.622. The molecular formula is C24H25N3O2. The van der Waals surface area contributed by atoms with Crippen molar-refractivity contribution < 1.29 is 9.59 Å². The number of aromatic nitrogens is 1. The SMILES string of the molecule is Cc1cccc(C)c1NC(=O)c1cncc(C(=O)Nc2ccccc2C(C)C)c1. The van der Waals surface area contributed by atoms with Gasteiger partial charge in [0.05, 0.1) is 11.1 Å². The summed E-state index contributed by atoms with van der Waals surface area (Å²) in [4.78, 5) is 29.6. The normalized spacial score (nSPS) is 10.7. The lowest BCUT2D eigenvalue weighted by Gasteiger charge is -2.14. The minimum absolute atomic E-state index is 0.277. The molecule has 0 unspecified atom stereocenters. The molecule has 0 fully saturated rings. The van der Waals surface area contributed by atoms with Gasteiger partial charge >= 0.3 is 0 Å². The van der Waals surface area contributed by atoms with Crippen LogP contribution in [0.5, 0.6) is 0 Å². The molecule has 3 aromatic rings. The number of nitrogens with one attached hydrogen (secondary N) is 2. The van der Waals surface area contributed by atoms with Crippen molar-refractivity contribution in [3.05, 3.63) is 88.7 Å². The number of carbonyl (C=O) groups excluding carboxylic acids is 2. The number of pyridine rings is 1. The van der Waals surface area contributed by atoms with Gasteiger partial charge in [0.25, 0.3) is 11.8 Å². The summed E-state index contributed by atoms with van der Waals surface area (Å²) in [5.41, 5.74) is 5.21. The van der Waals surface area contributed by atoms with Crippen molar-refractivity contribution in [1.82, 2.24) is 4.98 Å². The summed E-state index contributed by atoms with van der Waals surface area (Å²) < 4.78 is 0. The third-order valence-electron chi connectivity index (χ3n) is 4.81. The largest absolute Gasteiger partial charge is 0.322 e. The number of anilines is 2. The first-order chi connectivity index (χ1) is 13.9. The maximum Gasteiger partial charge on any atom is 0.257 e. The number of benzene rings is 2. The van der Waals surface area contributed by atoms with Crippen molar-refractivity contribution in [2.24, 2.45) is 0 Å². The first-order valence-electron chi connectivity index (χ1n) is 9.59. The highest BCUT2D eigenvalue weighted by Crippen LogP contribution is 2.24. The fraction of sp³-hybridized carbons (Fsp3) is 0.208. The van der Waals surface area contributed by atoms with E-state index < -0.39 is 0 Å². The molecule has 2 N–H and O–H groups in total. The fourth-order valence-corrected chi connectivity index (χ4v) is 3.19. The van der Waals surface area contributed by atoms with Gasteiger partial charge in [-0.3, -0.25) is 14.6 Å². The number of carbonyl (C=O) groups is 2. The Labute approximate surface area is 171 Å². The second-order valence-corrected chi connectivity index (χ2v) is 7.38. The van der Waals surface area contributed by atoms with Crippen molar-refractivity contribution in [1.29, 1.82) is 0 Å². The van der Waals surface area contributed by atoms with Crippen LogP contribution in [0.3, 0.4) is 0 Å². The minimum atomic E-state index is -0.299. The van der Waals surface area contributed by atoms with E-state index in [-0.39, 0.29) is 17.7 Å². The molecule has 1 heterocycles. The molecule has 5 heteroatoms. The van der Waals surface area contributed by atoms with Crippen LogP contribution in [0.1, 0.15) is 57.2 Å². The third kappa shape index (κ3) is 4.69. The van der Waals surface area contributed by atoms with Crippen molar-refractivity contribution in [3.8, 4) is 0 Å². The van der Waals surface area contributed by atoms with Crippen LogP contribution < -0.4 is 10.6 Å². The van der Waals surface area contributed by atoms with Crippen LogP contribution >= 0.6 is 0 Å². The highest BCUT2D eigenvalue weighted by Gasteiger charge is 2.15. The van der Waals surface area contributed by atoms with E-state index in [1.807, 2.05) is 56.3 Å².